The fraction of sp³-hybridized carbons (Fsp3) is 0. The van der Waals surface area contributed by atoms with Crippen LogP contribution in [0.25, 0.3) is 11.3 Å². The maximum Gasteiger partial charge on any atom is 0.255 e. The normalized spacial score (nSPS) is 10.4. The average Bonchev–Trinajstić information content (AvgIpc) is 2.75. The highest BCUT2D eigenvalue weighted by Crippen LogP contribution is 2.21. The van der Waals surface area contributed by atoms with Crippen LogP contribution in [0.3, 0.4) is 0 Å². The molecule has 0 atom stereocenters. The Morgan fingerprint density at radius 3 is 2.34 bits per heavy atom. The van der Waals surface area contributed by atoms with Gasteiger partial charge in [0, 0.05) is 28.6 Å². The number of benzene rings is 3. The monoisotopic (exact) mass is 384 g/mol. The third-order valence-electron chi connectivity index (χ3n) is 4.24. The predicted octanol–water partition coefficient (Wildman–Crippen LogP) is 5.28. The number of amides is 1. The minimum absolute atomic E-state index is 0.310. The first-order valence-electron chi connectivity index (χ1n) is 8.99. The summed E-state index contributed by atoms with van der Waals surface area (Å²) in [6, 6.07) is 24.4. The number of nitrogens with zero attached hydrogens (tertiary/aromatic N) is 2. The summed E-state index contributed by atoms with van der Waals surface area (Å²) in [5.41, 5.74) is 3.47. The molecule has 5 nitrogen and oxygen atoms in total. The Morgan fingerprint density at radius 1 is 0.793 bits per heavy atom. The van der Waals surface area contributed by atoms with E-state index >= 15 is 0 Å². The van der Waals surface area contributed by atoms with Gasteiger partial charge in [0.1, 0.15) is 18.0 Å². The van der Waals surface area contributed by atoms with Gasteiger partial charge >= 0.3 is 0 Å². The van der Waals surface area contributed by atoms with E-state index < -0.39 is 5.82 Å². The van der Waals surface area contributed by atoms with Gasteiger partial charge in [-0.15, -0.1) is 0 Å². The minimum Gasteiger partial charge on any atom is -0.340 e. The van der Waals surface area contributed by atoms with Gasteiger partial charge in [-0.25, -0.2) is 14.4 Å². The molecule has 0 saturated carbocycles. The van der Waals surface area contributed by atoms with Crippen molar-refractivity contribution in [1.82, 2.24) is 9.97 Å². The van der Waals surface area contributed by atoms with E-state index in [-0.39, 0.29) is 5.91 Å². The molecule has 4 aromatic rings. The zero-order valence-corrected chi connectivity index (χ0v) is 15.3. The van der Waals surface area contributed by atoms with E-state index in [9.17, 15) is 9.18 Å². The van der Waals surface area contributed by atoms with Crippen LogP contribution in [-0.4, -0.2) is 15.9 Å². The van der Waals surface area contributed by atoms with E-state index in [0.29, 0.717) is 17.1 Å². The van der Waals surface area contributed by atoms with Crippen LogP contribution < -0.4 is 10.6 Å². The molecule has 0 aliphatic heterocycles. The molecule has 0 aliphatic rings. The van der Waals surface area contributed by atoms with E-state index in [1.54, 1.807) is 36.4 Å². The number of nitrogens with one attached hydrogen (secondary N) is 2. The Balaban J connectivity index is 1.45. The third kappa shape index (κ3) is 4.62. The van der Waals surface area contributed by atoms with Gasteiger partial charge in [0.2, 0.25) is 0 Å². The summed E-state index contributed by atoms with van der Waals surface area (Å²) in [6.07, 6.45) is 1.51. The smallest absolute Gasteiger partial charge is 0.255 e. The molecule has 0 fully saturated rings. The summed E-state index contributed by atoms with van der Waals surface area (Å²) in [4.78, 5) is 20.9. The van der Waals surface area contributed by atoms with Crippen molar-refractivity contribution in [2.45, 2.75) is 0 Å². The Labute approximate surface area is 167 Å². The second-order valence-electron chi connectivity index (χ2n) is 6.32. The molecule has 0 spiro atoms. The standard InChI is InChI=1S/C23H17FN4O/c24-18-7-4-8-20(13-18)28-23(29)17-9-11-19(12-10-17)27-22-14-21(25-15-26-22)16-5-2-1-3-6-16/h1-15H,(H,28,29)(H,25,26,27). The molecule has 1 amide bonds. The van der Waals surface area contributed by atoms with E-state index in [1.165, 1.54) is 18.5 Å². The molecule has 3 aromatic carbocycles. The number of halogens is 1. The highest BCUT2D eigenvalue weighted by Gasteiger charge is 2.07. The van der Waals surface area contributed by atoms with Gasteiger partial charge in [-0.3, -0.25) is 4.79 Å². The molecule has 0 aliphatic carbocycles. The van der Waals surface area contributed by atoms with E-state index in [4.69, 9.17) is 0 Å². The molecule has 4 rings (SSSR count). The quantitative estimate of drug-likeness (QED) is 0.491. The highest BCUT2D eigenvalue weighted by atomic mass is 19.1. The molecule has 1 heterocycles. The van der Waals surface area contributed by atoms with Crippen molar-refractivity contribution < 1.29 is 9.18 Å². The summed E-state index contributed by atoms with van der Waals surface area (Å²) in [6.45, 7) is 0. The van der Waals surface area contributed by atoms with Gasteiger partial charge in [0.15, 0.2) is 0 Å². The maximum atomic E-state index is 13.2. The Hall–Kier alpha value is -4.06. The molecule has 0 bridgehead atoms. The van der Waals surface area contributed by atoms with E-state index in [0.717, 1.165) is 16.9 Å². The lowest BCUT2D eigenvalue weighted by Crippen LogP contribution is -2.11. The van der Waals surface area contributed by atoms with Crippen molar-refractivity contribution in [3.8, 4) is 11.3 Å². The first kappa shape index (κ1) is 18.3. The van der Waals surface area contributed by atoms with Crippen molar-refractivity contribution in [3.63, 3.8) is 0 Å². The van der Waals surface area contributed by atoms with Crippen LogP contribution in [0.5, 0.6) is 0 Å². The predicted molar refractivity (Wildman–Crippen MR) is 112 cm³/mol. The SMILES string of the molecule is O=C(Nc1cccc(F)c1)c1ccc(Nc2cc(-c3ccccc3)ncn2)cc1. The summed E-state index contributed by atoms with van der Waals surface area (Å²) in [5, 5.41) is 5.88. The molecule has 142 valence electrons. The summed E-state index contributed by atoms with van der Waals surface area (Å²) in [7, 11) is 0. The fourth-order valence-corrected chi connectivity index (χ4v) is 2.81. The maximum absolute atomic E-state index is 13.2. The second-order valence-corrected chi connectivity index (χ2v) is 6.32. The van der Waals surface area contributed by atoms with Crippen molar-refractivity contribution in [2.75, 3.05) is 10.6 Å². The van der Waals surface area contributed by atoms with Crippen molar-refractivity contribution in [2.24, 2.45) is 0 Å². The number of aromatic nitrogens is 2. The summed E-state index contributed by atoms with van der Waals surface area (Å²) in [5.74, 6) is -0.0616. The van der Waals surface area contributed by atoms with Crippen molar-refractivity contribution >= 4 is 23.1 Å². The molecule has 6 heteroatoms. The number of rotatable bonds is 5. The minimum atomic E-state index is -0.401. The average molecular weight is 384 g/mol. The molecule has 0 radical (unpaired) electrons. The molecule has 29 heavy (non-hydrogen) atoms. The van der Waals surface area contributed by atoms with Crippen LogP contribution in [0, 0.1) is 5.82 Å². The van der Waals surface area contributed by atoms with Crippen LogP contribution >= 0.6 is 0 Å². The fourth-order valence-electron chi connectivity index (χ4n) is 2.81. The largest absolute Gasteiger partial charge is 0.340 e. The first-order chi connectivity index (χ1) is 14.2. The number of carbonyl (C=O) groups is 1. The highest BCUT2D eigenvalue weighted by molar-refractivity contribution is 6.04. The van der Waals surface area contributed by atoms with Gasteiger partial charge in [-0.1, -0.05) is 36.4 Å². The van der Waals surface area contributed by atoms with Gasteiger partial charge in [0.25, 0.3) is 5.91 Å². The van der Waals surface area contributed by atoms with E-state index in [2.05, 4.69) is 20.6 Å². The summed E-state index contributed by atoms with van der Waals surface area (Å²) < 4.78 is 13.2. The van der Waals surface area contributed by atoms with Gasteiger partial charge in [-0.05, 0) is 42.5 Å². The summed E-state index contributed by atoms with van der Waals surface area (Å²) >= 11 is 0. The van der Waals surface area contributed by atoms with Crippen LogP contribution in [0.2, 0.25) is 0 Å². The van der Waals surface area contributed by atoms with Crippen molar-refractivity contribution in [3.05, 3.63) is 103 Å². The lowest BCUT2D eigenvalue weighted by atomic mass is 10.1. The number of carbonyl (C=O) groups excluding carboxylic acids is 1. The van der Waals surface area contributed by atoms with Crippen LogP contribution in [0.15, 0.2) is 91.3 Å². The second kappa shape index (κ2) is 8.31. The number of hydrogen-bond donors (Lipinski definition) is 2. The van der Waals surface area contributed by atoms with Gasteiger partial charge in [-0.2, -0.15) is 0 Å². The number of anilines is 3. The van der Waals surface area contributed by atoms with Crippen LogP contribution in [-0.2, 0) is 0 Å². The first-order valence-corrected chi connectivity index (χ1v) is 8.99. The third-order valence-corrected chi connectivity index (χ3v) is 4.24. The molecular formula is C23H17FN4O. The lowest BCUT2D eigenvalue weighted by molar-refractivity contribution is 0.102. The van der Waals surface area contributed by atoms with Gasteiger partial charge < -0.3 is 10.6 Å². The topological polar surface area (TPSA) is 66.9 Å². The molecule has 1 aromatic heterocycles. The Morgan fingerprint density at radius 2 is 1.59 bits per heavy atom. The lowest BCUT2D eigenvalue weighted by Gasteiger charge is -2.09. The van der Waals surface area contributed by atoms with Gasteiger partial charge in [0.05, 0.1) is 5.69 Å². The molecule has 0 saturated heterocycles. The van der Waals surface area contributed by atoms with Crippen LogP contribution in [0.4, 0.5) is 21.6 Å². The number of hydrogen-bond acceptors (Lipinski definition) is 4. The zero-order chi connectivity index (χ0) is 20.1. The molecule has 2 N–H and O–H groups in total. The molecular weight excluding hydrogens is 367 g/mol. The Bertz CT molecular complexity index is 1130. The van der Waals surface area contributed by atoms with Crippen molar-refractivity contribution in [1.29, 1.82) is 0 Å². The molecule has 0 unspecified atom stereocenters. The Kier molecular flexibility index (Phi) is 5.25. The van der Waals surface area contributed by atoms with E-state index in [1.807, 2.05) is 36.4 Å². The zero-order valence-electron chi connectivity index (χ0n) is 15.3. The van der Waals surface area contributed by atoms with Crippen LogP contribution in [0.1, 0.15) is 10.4 Å².